The third-order valence-electron chi connectivity index (χ3n) is 5.16. The molecule has 0 fully saturated rings. The number of amides is 1. The third kappa shape index (κ3) is 2.85. The molecule has 4 rings (SSSR count). The van der Waals surface area contributed by atoms with Gasteiger partial charge in [0.2, 0.25) is 0 Å². The van der Waals surface area contributed by atoms with Crippen molar-refractivity contribution in [2.75, 3.05) is 7.11 Å². The van der Waals surface area contributed by atoms with Crippen molar-refractivity contribution in [3.8, 4) is 11.1 Å². The van der Waals surface area contributed by atoms with Gasteiger partial charge in [-0.2, -0.15) is 0 Å². The van der Waals surface area contributed by atoms with Crippen molar-refractivity contribution in [3.63, 3.8) is 0 Å². The molecule has 1 unspecified atom stereocenters. The molecule has 1 atom stereocenters. The lowest BCUT2D eigenvalue weighted by atomic mass is 9.98. The number of esters is 1. The highest BCUT2D eigenvalue weighted by molar-refractivity contribution is 6.03. The molecule has 3 aromatic rings. The van der Waals surface area contributed by atoms with Gasteiger partial charge in [-0.15, -0.1) is 0 Å². The number of methoxy groups -OCH3 is 1. The maximum absolute atomic E-state index is 13.0. The molecule has 2 heterocycles. The first-order valence-electron chi connectivity index (χ1n) is 8.99. The molecule has 0 bridgehead atoms. The van der Waals surface area contributed by atoms with E-state index in [-0.39, 0.29) is 11.9 Å². The summed E-state index contributed by atoms with van der Waals surface area (Å²) in [6.45, 7) is 2.31. The van der Waals surface area contributed by atoms with E-state index in [1.165, 1.54) is 7.11 Å². The highest BCUT2D eigenvalue weighted by Gasteiger charge is 2.36. The number of hydrogen-bond acceptors (Lipinski definition) is 4. The van der Waals surface area contributed by atoms with Crippen molar-refractivity contribution in [1.29, 1.82) is 0 Å². The molecule has 0 saturated heterocycles. The summed E-state index contributed by atoms with van der Waals surface area (Å²) >= 11 is 0. The zero-order valence-corrected chi connectivity index (χ0v) is 15.3. The zero-order chi connectivity index (χ0) is 19.0. The predicted octanol–water partition coefficient (Wildman–Crippen LogP) is 3.81. The lowest BCUT2D eigenvalue weighted by molar-refractivity contribution is -0.146. The van der Waals surface area contributed by atoms with E-state index in [1.54, 1.807) is 4.90 Å². The summed E-state index contributed by atoms with van der Waals surface area (Å²) in [5, 5.41) is 2.15. The van der Waals surface area contributed by atoms with Crippen molar-refractivity contribution < 1.29 is 14.3 Å². The van der Waals surface area contributed by atoms with Gasteiger partial charge in [-0.3, -0.25) is 9.78 Å². The van der Waals surface area contributed by atoms with Crippen LogP contribution in [0.5, 0.6) is 0 Å². The lowest BCUT2D eigenvalue weighted by Gasteiger charge is -2.24. The Morgan fingerprint density at radius 3 is 2.78 bits per heavy atom. The number of rotatable bonds is 4. The molecule has 0 saturated carbocycles. The second-order valence-corrected chi connectivity index (χ2v) is 6.66. The molecule has 0 N–H and O–H groups in total. The number of fused-ring (bicyclic) bond motifs is 2. The van der Waals surface area contributed by atoms with Crippen molar-refractivity contribution in [2.45, 2.75) is 25.9 Å². The van der Waals surface area contributed by atoms with Gasteiger partial charge in [0.25, 0.3) is 5.91 Å². The number of aromatic nitrogens is 1. The fourth-order valence-electron chi connectivity index (χ4n) is 3.74. The Hall–Kier alpha value is -3.21. The number of ether oxygens (including phenoxy) is 1. The monoisotopic (exact) mass is 360 g/mol. The molecule has 5 heteroatoms. The van der Waals surface area contributed by atoms with E-state index in [1.807, 2.05) is 55.7 Å². The minimum atomic E-state index is -0.558. The van der Waals surface area contributed by atoms with Crippen LogP contribution in [0.25, 0.3) is 21.9 Å². The minimum Gasteiger partial charge on any atom is -0.467 e. The van der Waals surface area contributed by atoms with Gasteiger partial charge >= 0.3 is 5.97 Å². The third-order valence-corrected chi connectivity index (χ3v) is 5.16. The average molecular weight is 360 g/mol. The molecular formula is C22H20N2O3. The normalized spacial score (nSPS) is 14.3. The molecule has 1 amide bonds. The van der Waals surface area contributed by atoms with Crippen LogP contribution >= 0.6 is 0 Å². The summed E-state index contributed by atoms with van der Waals surface area (Å²) in [6.07, 6.45) is 4.18. The van der Waals surface area contributed by atoms with Crippen LogP contribution in [0.2, 0.25) is 0 Å². The van der Waals surface area contributed by atoms with E-state index in [9.17, 15) is 9.59 Å². The number of carbonyl (C=O) groups is 2. The van der Waals surface area contributed by atoms with Gasteiger partial charge in [-0.05, 0) is 29.0 Å². The second kappa shape index (κ2) is 6.83. The van der Waals surface area contributed by atoms with Gasteiger partial charge in [0.05, 0.1) is 7.11 Å². The van der Waals surface area contributed by atoms with E-state index in [2.05, 4.69) is 11.1 Å². The Kier molecular flexibility index (Phi) is 4.36. The highest BCUT2D eigenvalue weighted by atomic mass is 16.5. The maximum Gasteiger partial charge on any atom is 0.328 e. The first-order valence-corrected chi connectivity index (χ1v) is 8.99. The van der Waals surface area contributed by atoms with E-state index in [4.69, 9.17) is 4.74 Å². The summed E-state index contributed by atoms with van der Waals surface area (Å²) in [4.78, 5) is 30.9. The zero-order valence-electron chi connectivity index (χ0n) is 15.3. The Labute approximate surface area is 157 Å². The van der Waals surface area contributed by atoms with Crippen LogP contribution < -0.4 is 0 Å². The Morgan fingerprint density at radius 2 is 2.00 bits per heavy atom. The lowest BCUT2D eigenvalue weighted by Crippen LogP contribution is -2.41. The molecule has 27 heavy (non-hydrogen) atoms. The minimum absolute atomic E-state index is 0.128. The van der Waals surface area contributed by atoms with Gasteiger partial charge in [0.1, 0.15) is 6.04 Å². The fourth-order valence-corrected chi connectivity index (χ4v) is 3.74. The number of pyridine rings is 1. The molecule has 0 spiro atoms. The summed E-state index contributed by atoms with van der Waals surface area (Å²) < 4.78 is 4.86. The van der Waals surface area contributed by atoms with Crippen LogP contribution in [0.4, 0.5) is 0 Å². The van der Waals surface area contributed by atoms with Crippen molar-refractivity contribution in [1.82, 2.24) is 9.88 Å². The molecule has 1 aliphatic heterocycles. The van der Waals surface area contributed by atoms with Gasteiger partial charge in [-0.25, -0.2) is 4.79 Å². The van der Waals surface area contributed by atoms with Crippen LogP contribution in [0.15, 0.2) is 54.9 Å². The quantitative estimate of drug-likeness (QED) is 0.664. The number of hydrogen-bond donors (Lipinski definition) is 0. The summed E-state index contributed by atoms with van der Waals surface area (Å²) in [6, 6.07) is 13.4. The molecule has 0 aliphatic carbocycles. The molecule has 136 valence electrons. The summed E-state index contributed by atoms with van der Waals surface area (Å²) in [5.41, 5.74) is 3.50. The average Bonchev–Trinajstić information content (AvgIpc) is 3.04. The van der Waals surface area contributed by atoms with E-state index < -0.39 is 6.04 Å². The van der Waals surface area contributed by atoms with Crippen molar-refractivity contribution in [2.24, 2.45) is 0 Å². The standard InChI is InChI=1S/C22H20N2O3/c1-3-20(22(26)27-2)24-13-16-9-8-14(10-18(16)21(24)25)19-12-23-11-15-6-4-5-7-17(15)19/h4-12,20H,3,13H2,1-2H3. The first-order chi connectivity index (χ1) is 13.1. The molecular weight excluding hydrogens is 340 g/mol. The van der Waals surface area contributed by atoms with Crippen LogP contribution in [-0.2, 0) is 16.1 Å². The van der Waals surface area contributed by atoms with E-state index >= 15 is 0 Å². The number of carbonyl (C=O) groups excluding carboxylic acids is 2. The molecule has 2 aromatic carbocycles. The summed E-state index contributed by atoms with van der Waals surface area (Å²) in [7, 11) is 1.35. The predicted molar refractivity (Wildman–Crippen MR) is 103 cm³/mol. The Bertz CT molecular complexity index is 1040. The molecule has 0 radical (unpaired) electrons. The largest absolute Gasteiger partial charge is 0.467 e. The van der Waals surface area contributed by atoms with E-state index in [0.29, 0.717) is 18.5 Å². The fraction of sp³-hybridized carbons (Fsp3) is 0.227. The van der Waals surface area contributed by atoms with Crippen molar-refractivity contribution in [3.05, 3.63) is 66.0 Å². The van der Waals surface area contributed by atoms with E-state index in [0.717, 1.165) is 27.5 Å². The Balaban J connectivity index is 1.75. The summed E-state index contributed by atoms with van der Waals surface area (Å²) in [5.74, 6) is -0.505. The maximum atomic E-state index is 13.0. The van der Waals surface area contributed by atoms with Crippen LogP contribution in [0.3, 0.4) is 0 Å². The first kappa shape index (κ1) is 17.2. The van der Waals surface area contributed by atoms with Crippen LogP contribution in [0, 0.1) is 0 Å². The van der Waals surface area contributed by atoms with Crippen molar-refractivity contribution >= 4 is 22.6 Å². The van der Waals surface area contributed by atoms with Gasteiger partial charge in [-0.1, -0.05) is 43.3 Å². The number of benzene rings is 2. The second-order valence-electron chi connectivity index (χ2n) is 6.66. The number of nitrogens with zero attached hydrogens (tertiary/aromatic N) is 2. The Morgan fingerprint density at radius 1 is 1.19 bits per heavy atom. The van der Waals surface area contributed by atoms with Crippen LogP contribution in [-0.4, -0.2) is 34.9 Å². The smallest absolute Gasteiger partial charge is 0.328 e. The molecule has 1 aliphatic rings. The van der Waals surface area contributed by atoms with Gasteiger partial charge in [0.15, 0.2) is 0 Å². The molecule has 5 nitrogen and oxygen atoms in total. The highest BCUT2D eigenvalue weighted by Crippen LogP contribution is 2.33. The SMILES string of the molecule is CCC(C(=O)OC)N1Cc2ccc(-c3cncc4ccccc34)cc2C1=O. The van der Waals surface area contributed by atoms with Gasteiger partial charge in [0, 0.05) is 35.5 Å². The van der Waals surface area contributed by atoms with Gasteiger partial charge < -0.3 is 9.64 Å². The topological polar surface area (TPSA) is 59.5 Å². The molecule has 1 aromatic heterocycles. The van der Waals surface area contributed by atoms with Crippen LogP contribution in [0.1, 0.15) is 29.3 Å².